The van der Waals surface area contributed by atoms with E-state index in [0.717, 1.165) is 11.2 Å². The molecule has 5 heterocycles. The molecule has 0 saturated heterocycles. The summed E-state index contributed by atoms with van der Waals surface area (Å²) in [6, 6.07) is 44.9. The minimum atomic E-state index is -0.100. The van der Waals surface area contributed by atoms with Crippen molar-refractivity contribution in [2.45, 2.75) is 104 Å². The topological polar surface area (TPSA) is 21.3 Å². The van der Waals surface area contributed by atoms with Gasteiger partial charge in [-0.1, -0.05) is 130 Å². The molecule has 0 unspecified atom stereocenters. The van der Waals surface area contributed by atoms with Crippen LogP contribution < -0.4 is 15.7 Å². The first-order valence-corrected chi connectivity index (χ1v) is 23.8. The highest BCUT2D eigenvalue weighted by Gasteiger charge is 2.47. The zero-order chi connectivity index (χ0) is 43.3. The number of hydrogen-bond donors (Lipinski definition) is 0. The van der Waals surface area contributed by atoms with Crippen LogP contribution >= 0.6 is 11.3 Å². The fraction of sp³-hybridized carbons (Fsp3) is 0.276. The number of furan rings is 1. The second-order valence-electron chi connectivity index (χ2n) is 22.4. The molecule has 0 N–H and O–H groups in total. The van der Waals surface area contributed by atoms with Crippen LogP contribution in [0.4, 0.5) is 11.4 Å². The number of para-hydroxylation sites is 1. The van der Waals surface area contributed by atoms with Crippen LogP contribution in [0.2, 0.25) is 0 Å². The van der Waals surface area contributed by atoms with Gasteiger partial charge < -0.3 is 13.8 Å². The average molecular weight is 837 g/mol. The fourth-order valence-corrected chi connectivity index (χ4v) is 13.0. The predicted octanol–water partition coefficient (Wildman–Crippen LogP) is 15.2. The van der Waals surface area contributed by atoms with Crippen LogP contribution in [-0.2, 0) is 21.7 Å². The third-order valence-electron chi connectivity index (χ3n) is 15.5. The Labute approximate surface area is 374 Å². The van der Waals surface area contributed by atoms with Crippen molar-refractivity contribution in [3.63, 3.8) is 0 Å². The first kappa shape index (κ1) is 37.8. The Balaban J connectivity index is 1.29. The standard InChI is InChI=1S/C58H53BN2OS/c1-55(2,3)32-19-22-34(23-20-32)61-45-31-48-37(35-15-12-14-18-47(35)63-48)28-38(45)49-50-36-16-11-13-17-46(36)62-54(50)51-39-29-40-41(58(9,10)26-25-57(40,7)8)30-44(39)60-43-24-21-33(56(4,5)6)27-42(43)59(61)52(49)53(51)60/h11-24,27-31H,25-26H2,1-10H3. The van der Waals surface area contributed by atoms with E-state index in [2.05, 4.69) is 194 Å². The Hall–Kier alpha value is -5.78. The Bertz CT molecular complexity index is 3650. The monoisotopic (exact) mass is 836 g/mol. The summed E-state index contributed by atoms with van der Waals surface area (Å²) in [5.74, 6) is 0. The van der Waals surface area contributed by atoms with Crippen molar-refractivity contribution in [3.8, 4) is 16.8 Å². The second-order valence-corrected chi connectivity index (χ2v) is 23.5. The molecule has 7 aromatic carbocycles. The normalized spacial score (nSPS) is 16.5. The van der Waals surface area contributed by atoms with Crippen molar-refractivity contribution in [2.75, 3.05) is 4.81 Å². The lowest BCUT2D eigenvalue weighted by Gasteiger charge is -2.43. The molecule has 2 aliphatic heterocycles. The number of benzene rings is 7. The molecule has 0 spiro atoms. The summed E-state index contributed by atoms with van der Waals surface area (Å²) in [6.45, 7) is 23.7. The lowest BCUT2D eigenvalue weighted by molar-refractivity contribution is 0.332. The number of thiophene rings is 1. The zero-order valence-corrected chi connectivity index (χ0v) is 39.0. The van der Waals surface area contributed by atoms with Crippen LogP contribution in [0.15, 0.2) is 120 Å². The first-order chi connectivity index (χ1) is 30.0. The highest BCUT2D eigenvalue weighted by atomic mass is 32.1. The van der Waals surface area contributed by atoms with E-state index in [1.807, 2.05) is 11.3 Å². The fourth-order valence-electron chi connectivity index (χ4n) is 11.9. The smallest absolute Gasteiger partial charge is 0.333 e. The van der Waals surface area contributed by atoms with Gasteiger partial charge >= 0.3 is 6.85 Å². The van der Waals surface area contributed by atoms with Crippen LogP contribution in [0.3, 0.4) is 0 Å². The van der Waals surface area contributed by atoms with E-state index in [0.29, 0.717) is 0 Å². The van der Waals surface area contributed by atoms with Gasteiger partial charge in [0.05, 0.1) is 16.4 Å². The van der Waals surface area contributed by atoms with Crippen molar-refractivity contribution in [1.29, 1.82) is 0 Å². The van der Waals surface area contributed by atoms with Crippen molar-refractivity contribution in [1.82, 2.24) is 4.57 Å². The predicted molar refractivity (Wildman–Crippen MR) is 273 cm³/mol. The summed E-state index contributed by atoms with van der Waals surface area (Å²) in [4.78, 5) is 2.71. The lowest BCUT2D eigenvalue weighted by Crippen LogP contribution is -2.60. The Morgan fingerprint density at radius 1 is 0.603 bits per heavy atom. The van der Waals surface area contributed by atoms with Crippen LogP contribution in [0.1, 0.15) is 104 Å². The van der Waals surface area contributed by atoms with Crippen molar-refractivity contribution in [2.24, 2.45) is 0 Å². The van der Waals surface area contributed by atoms with E-state index < -0.39 is 0 Å². The number of aromatic nitrogens is 1. The Kier molecular flexibility index (Phi) is 7.23. The maximum atomic E-state index is 7.29. The van der Waals surface area contributed by atoms with Crippen LogP contribution in [0.25, 0.3) is 80.7 Å². The molecule has 310 valence electrons. The molecular formula is C58H53BN2OS. The molecule has 13 rings (SSSR count). The van der Waals surface area contributed by atoms with E-state index in [9.17, 15) is 0 Å². The molecule has 0 atom stereocenters. The van der Waals surface area contributed by atoms with Gasteiger partial charge in [-0.15, -0.1) is 11.3 Å². The van der Waals surface area contributed by atoms with Crippen LogP contribution in [0.5, 0.6) is 0 Å². The van der Waals surface area contributed by atoms with E-state index in [-0.39, 0.29) is 28.5 Å². The van der Waals surface area contributed by atoms with Crippen LogP contribution in [0, 0.1) is 0 Å². The minimum Gasteiger partial charge on any atom is -0.455 e. The number of anilines is 2. The Morgan fingerprint density at radius 2 is 1.27 bits per heavy atom. The molecule has 63 heavy (non-hydrogen) atoms. The van der Waals surface area contributed by atoms with Crippen molar-refractivity contribution >= 4 is 104 Å². The van der Waals surface area contributed by atoms with Gasteiger partial charge in [0.25, 0.3) is 0 Å². The minimum absolute atomic E-state index is 0.0383. The maximum Gasteiger partial charge on any atom is 0.333 e. The quantitative estimate of drug-likeness (QED) is 0.154. The second kappa shape index (κ2) is 12.1. The van der Waals surface area contributed by atoms with Gasteiger partial charge in [0.1, 0.15) is 11.2 Å². The van der Waals surface area contributed by atoms with Gasteiger partial charge in [-0.25, -0.2) is 0 Å². The molecular weight excluding hydrogens is 784 g/mol. The largest absolute Gasteiger partial charge is 0.455 e. The van der Waals surface area contributed by atoms with Crippen molar-refractivity contribution in [3.05, 3.63) is 138 Å². The summed E-state index contributed by atoms with van der Waals surface area (Å²) in [6.07, 6.45) is 2.33. The summed E-state index contributed by atoms with van der Waals surface area (Å²) in [5, 5.41) is 7.57. The molecule has 0 saturated carbocycles. The van der Waals surface area contributed by atoms with E-state index in [1.54, 1.807) is 0 Å². The lowest BCUT2D eigenvalue weighted by atomic mass is 9.43. The van der Waals surface area contributed by atoms with Gasteiger partial charge in [-0.3, -0.25) is 0 Å². The third kappa shape index (κ3) is 4.98. The molecule has 0 bridgehead atoms. The van der Waals surface area contributed by atoms with Gasteiger partial charge in [0.15, 0.2) is 0 Å². The van der Waals surface area contributed by atoms with Gasteiger partial charge in [-0.05, 0) is 128 Å². The van der Waals surface area contributed by atoms with Crippen LogP contribution in [-0.4, -0.2) is 11.4 Å². The summed E-state index contributed by atoms with van der Waals surface area (Å²) in [5.41, 5.74) is 19.3. The van der Waals surface area contributed by atoms with Gasteiger partial charge in [-0.2, -0.15) is 0 Å². The van der Waals surface area contributed by atoms with Gasteiger partial charge in [0, 0.05) is 59.0 Å². The Morgan fingerprint density at radius 3 is 2.00 bits per heavy atom. The molecule has 3 aliphatic rings. The number of hydrogen-bond acceptors (Lipinski definition) is 3. The summed E-state index contributed by atoms with van der Waals surface area (Å²) >= 11 is 1.91. The molecule has 3 nitrogen and oxygen atoms in total. The first-order valence-electron chi connectivity index (χ1n) is 23.0. The number of rotatable bonds is 1. The molecule has 5 heteroatoms. The maximum absolute atomic E-state index is 7.29. The average Bonchev–Trinajstić information content (AvgIpc) is 3.92. The molecule has 0 fully saturated rings. The highest BCUT2D eigenvalue weighted by Crippen LogP contribution is 2.55. The number of nitrogens with zero attached hydrogens (tertiary/aromatic N) is 2. The highest BCUT2D eigenvalue weighted by molar-refractivity contribution is 7.25. The molecule has 3 aromatic heterocycles. The summed E-state index contributed by atoms with van der Waals surface area (Å²) < 4.78 is 12.6. The molecule has 1 aliphatic carbocycles. The molecule has 10 aromatic rings. The van der Waals surface area contributed by atoms with E-state index in [4.69, 9.17) is 4.42 Å². The number of fused-ring (bicyclic) bond motifs is 17. The molecule has 0 amide bonds. The van der Waals surface area contributed by atoms with Crippen molar-refractivity contribution < 1.29 is 4.42 Å². The zero-order valence-electron chi connectivity index (χ0n) is 38.2. The van der Waals surface area contributed by atoms with E-state index >= 15 is 0 Å². The summed E-state index contributed by atoms with van der Waals surface area (Å²) in [7, 11) is 0. The van der Waals surface area contributed by atoms with E-state index in [1.165, 1.54) is 127 Å². The third-order valence-corrected chi connectivity index (χ3v) is 16.7. The molecule has 0 radical (unpaired) electrons. The van der Waals surface area contributed by atoms with Gasteiger partial charge in [0.2, 0.25) is 0 Å². The SMILES string of the molecule is CC(C)(C)c1ccc(N2B3c4cc(C(C)(C)C)ccc4-n4c5cc6c(cc5c5c7oc8ccccc8c7c(c3c54)-c3cc4c(cc32)sc2ccccc24)C(C)(C)CCC6(C)C)cc1.